The summed E-state index contributed by atoms with van der Waals surface area (Å²) >= 11 is 0. The molecule has 6 nitrogen and oxygen atoms in total. The van der Waals surface area contributed by atoms with Gasteiger partial charge in [-0.15, -0.1) is 0 Å². The number of hydrogen-bond donors (Lipinski definition) is 0. The van der Waals surface area contributed by atoms with Crippen LogP contribution in [0.2, 0.25) is 0 Å². The maximum absolute atomic E-state index is 12.3. The van der Waals surface area contributed by atoms with Crippen molar-refractivity contribution < 1.29 is 26.9 Å². The van der Waals surface area contributed by atoms with Crippen molar-refractivity contribution in [3.05, 3.63) is 96.1 Å². The highest BCUT2D eigenvalue weighted by molar-refractivity contribution is 7.87. The molecule has 3 aromatic carbocycles. The zero-order valence-corrected chi connectivity index (χ0v) is 16.5. The van der Waals surface area contributed by atoms with Crippen molar-refractivity contribution in [3.8, 4) is 5.75 Å². The Morgan fingerprint density at radius 1 is 0.862 bits per heavy atom. The van der Waals surface area contributed by atoms with Crippen molar-refractivity contribution in [2.24, 2.45) is 0 Å². The lowest BCUT2D eigenvalue weighted by molar-refractivity contribution is -0.155. The summed E-state index contributed by atoms with van der Waals surface area (Å²) in [6, 6.07) is 23.4. The van der Waals surface area contributed by atoms with Gasteiger partial charge in [-0.1, -0.05) is 60.7 Å². The minimum Gasteiger partial charge on any atom is -0.467 e. The molecule has 3 aromatic rings. The van der Waals surface area contributed by atoms with E-state index in [1.54, 1.807) is 30.3 Å². The van der Waals surface area contributed by atoms with E-state index in [2.05, 4.69) is 0 Å². The first-order chi connectivity index (χ1) is 14.0. The van der Waals surface area contributed by atoms with Crippen molar-refractivity contribution in [2.75, 3.05) is 7.11 Å². The lowest BCUT2D eigenvalue weighted by atomic mass is 10.1. The van der Waals surface area contributed by atoms with Crippen LogP contribution in [0.25, 0.3) is 0 Å². The molecule has 0 spiro atoms. The van der Waals surface area contributed by atoms with Gasteiger partial charge in [0, 0.05) is 0 Å². The standard InChI is InChI=1S/C22H20O6S/c1-26-22(23)21(27-16-17-8-4-2-5-9-17)18-12-14-19(15-13-18)28-29(24,25)20-10-6-3-7-11-20/h2-15,21H,16H2,1H3. The Kier molecular flexibility index (Phi) is 6.64. The Balaban J connectivity index is 1.74. The van der Waals surface area contributed by atoms with Gasteiger partial charge in [0.1, 0.15) is 10.6 Å². The Hall–Kier alpha value is -3.16. The number of rotatable bonds is 8. The van der Waals surface area contributed by atoms with Gasteiger partial charge in [-0.2, -0.15) is 8.42 Å². The highest BCUT2D eigenvalue weighted by atomic mass is 32.2. The van der Waals surface area contributed by atoms with E-state index in [-0.39, 0.29) is 17.3 Å². The average molecular weight is 412 g/mol. The van der Waals surface area contributed by atoms with E-state index in [0.717, 1.165) is 5.56 Å². The molecule has 0 aliphatic heterocycles. The summed E-state index contributed by atoms with van der Waals surface area (Å²) in [4.78, 5) is 12.2. The normalized spacial score (nSPS) is 12.2. The van der Waals surface area contributed by atoms with E-state index < -0.39 is 22.2 Å². The van der Waals surface area contributed by atoms with Gasteiger partial charge in [-0.25, -0.2) is 4.79 Å². The average Bonchev–Trinajstić information content (AvgIpc) is 2.76. The van der Waals surface area contributed by atoms with Gasteiger partial charge in [-0.05, 0) is 35.4 Å². The first-order valence-electron chi connectivity index (χ1n) is 8.82. The number of carbonyl (C=O) groups is 1. The van der Waals surface area contributed by atoms with Crippen LogP contribution in [0.15, 0.2) is 89.8 Å². The maximum atomic E-state index is 12.3. The number of carbonyl (C=O) groups excluding carboxylic acids is 1. The third-order valence-electron chi connectivity index (χ3n) is 4.10. The highest BCUT2D eigenvalue weighted by Gasteiger charge is 2.23. The Labute approximate surface area is 169 Å². The molecule has 0 radical (unpaired) electrons. The van der Waals surface area contributed by atoms with E-state index in [9.17, 15) is 13.2 Å². The minimum absolute atomic E-state index is 0.0581. The van der Waals surface area contributed by atoms with E-state index in [0.29, 0.717) is 5.56 Å². The van der Waals surface area contributed by atoms with Crippen LogP contribution in [0.3, 0.4) is 0 Å². The fourth-order valence-corrected chi connectivity index (χ4v) is 3.57. The topological polar surface area (TPSA) is 78.9 Å². The van der Waals surface area contributed by atoms with Crippen molar-refractivity contribution in [3.63, 3.8) is 0 Å². The summed E-state index contributed by atoms with van der Waals surface area (Å²) in [5.74, 6) is -0.421. The number of methoxy groups -OCH3 is 1. The molecule has 3 rings (SSSR count). The first-order valence-corrected chi connectivity index (χ1v) is 10.2. The van der Waals surface area contributed by atoms with Gasteiger partial charge in [0.05, 0.1) is 13.7 Å². The number of esters is 1. The third kappa shape index (κ3) is 5.43. The minimum atomic E-state index is -3.94. The molecule has 1 unspecified atom stereocenters. The lowest BCUT2D eigenvalue weighted by Gasteiger charge is -2.16. The molecule has 0 aliphatic carbocycles. The van der Waals surface area contributed by atoms with Crippen molar-refractivity contribution >= 4 is 16.1 Å². The Morgan fingerprint density at radius 3 is 2.03 bits per heavy atom. The van der Waals surface area contributed by atoms with Crippen LogP contribution in [-0.4, -0.2) is 21.5 Å². The number of ether oxygens (including phenoxy) is 2. The predicted octanol–water partition coefficient (Wildman–Crippen LogP) is 3.89. The molecule has 0 fully saturated rings. The van der Waals surface area contributed by atoms with Crippen LogP contribution < -0.4 is 4.18 Å². The van der Waals surface area contributed by atoms with Gasteiger partial charge < -0.3 is 13.7 Å². The monoisotopic (exact) mass is 412 g/mol. The van der Waals surface area contributed by atoms with Crippen molar-refractivity contribution in [1.82, 2.24) is 0 Å². The molecule has 29 heavy (non-hydrogen) atoms. The van der Waals surface area contributed by atoms with Crippen LogP contribution in [0.4, 0.5) is 0 Å². The third-order valence-corrected chi connectivity index (χ3v) is 5.36. The quantitative estimate of drug-likeness (QED) is 0.413. The van der Waals surface area contributed by atoms with Crippen molar-refractivity contribution in [2.45, 2.75) is 17.6 Å². The van der Waals surface area contributed by atoms with E-state index in [4.69, 9.17) is 13.7 Å². The Bertz CT molecular complexity index is 1030. The molecular weight excluding hydrogens is 392 g/mol. The van der Waals surface area contributed by atoms with Gasteiger partial charge in [0.25, 0.3) is 0 Å². The zero-order chi connectivity index (χ0) is 20.7. The van der Waals surface area contributed by atoms with Gasteiger partial charge in [-0.3, -0.25) is 0 Å². The van der Waals surface area contributed by atoms with Crippen LogP contribution in [0, 0.1) is 0 Å². The molecule has 0 amide bonds. The van der Waals surface area contributed by atoms with Crippen LogP contribution in [0.1, 0.15) is 17.2 Å². The highest BCUT2D eigenvalue weighted by Crippen LogP contribution is 2.25. The molecule has 0 bridgehead atoms. The van der Waals surface area contributed by atoms with E-state index in [1.807, 2.05) is 30.3 Å². The molecular formula is C22H20O6S. The van der Waals surface area contributed by atoms with Crippen LogP contribution in [0.5, 0.6) is 5.75 Å². The summed E-state index contributed by atoms with van der Waals surface area (Å²) in [5.41, 5.74) is 1.44. The maximum Gasteiger partial charge on any atom is 0.339 e. The largest absolute Gasteiger partial charge is 0.467 e. The van der Waals surface area contributed by atoms with Crippen LogP contribution >= 0.6 is 0 Å². The first kappa shape index (κ1) is 20.6. The van der Waals surface area contributed by atoms with E-state index >= 15 is 0 Å². The summed E-state index contributed by atoms with van der Waals surface area (Å²) in [6.45, 7) is 0.223. The Morgan fingerprint density at radius 2 is 1.45 bits per heavy atom. The fraction of sp³-hybridized carbons (Fsp3) is 0.136. The van der Waals surface area contributed by atoms with Gasteiger partial charge in [0.15, 0.2) is 6.10 Å². The number of hydrogen-bond acceptors (Lipinski definition) is 6. The number of benzene rings is 3. The molecule has 0 aromatic heterocycles. The second-order valence-corrected chi connectivity index (χ2v) is 7.67. The molecule has 0 saturated heterocycles. The molecule has 0 heterocycles. The molecule has 1 atom stereocenters. The zero-order valence-electron chi connectivity index (χ0n) is 15.7. The summed E-state index contributed by atoms with van der Waals surface area (Å²) < 4.78 is 40.4. The van der Waals surface area contributed by atoms with E-state index in [1.165, 1.54) is 31.4 Å². The summed E-state index contributed by atoms with van der Waals surface area (Å²) in [7, 11) is -2.65. The van der Waals surface area contributed by atoms with Gasteiger partial charge in [0.2, 0.25) is 0 Å². The molecule has 7 heteroatoms. The molecule has 0 aliphatic rings. The van der Waals surface area contributed by atoms with Crippen LogP contribution in [-0.2, 0) is 31.0 Å². The van der Waals surface area contributed by atoms with Gasteiger partial charge >= 0.3 is 16.1 Å². The summed E-state index contributed by atoms with van der Waals surface area (Å²) in [5, 5.41) is 0. The SMILES string of the molecule is COC(=O)C(OCc1ccccc1)c1ccc(OS(=O)(=O)c2ccccc2)cc1. The van der Waals surface area contributed by atoms with Crippen molar-refractivity contribution in [1.29, 1.82) is 0 Å². The molecule has 150 valence electrons. The molecule has 0 saturated carbocycles. The smallest absolute Gasteiger partial charge is 0.339 e. The molecule has 0 N–H and O–H groups in total. The predicted molar refractivity (Wildman–Crippen MR) is 107 cm³/mol. The summed E-state index contributed by atoms with van der Waals surface area (Å²) in [6.07, 6.45) is -0.944. The second kappa shape index (κ2) is 9.36. The fourth-order valence-electron chi connectivity index (χ4n) is 2.62. The lowest BCUT2D eigenvalue weighted by Crippen LogP contribution is -2.17. The second-order valence-electron chi connectivity index (χ2n) is 6.12.